The van der Waals surface area contributed by atoms with E-state index in [0.717, 1.165) is 23.5 Å². The molecule has 1 N–H and O–H groups in total. The zero-order valence-electron chi connectivity index (χ0n) is 13.8. The average molecular weight is 334 g/mol. The Morgan fingerprint density at radius 1 is 1.22 bits per heavy atom. The van der Waals surface area contributed by atoms with Crippen molar-refractivity contribution in [3.8, 4) is 0 Å². The molecule has 1 aliphatic rings. The molecule has 0 spiro atoms. The van der Waals surface area contributed by atoms with E-state index in [1.165, 1.54) is 19.3 Å². The van der Waals surface area contributed by atoms with Gasteiger partial charge in [0, 0.05) is 24.4 Å². The van der Waals surface area contributed by atoms with E-state index in [0.29, 0.717) is 25.1 Å². The summed E-state index contributed by atoms with van der Waals surface area (Å²) in [5.41, 5.74) is 0.980. The van der Waals surface area contributed by atoms with Crippen LogP contribution in [-0.4, -0.2) is 30.7 Å². The highest BCUT2D eigenvalue weighted by atomic mass is 32.2. The van der Waals surface area contributed by atoms with E-state index in [-0.39, 0.29) is 11.8 Å². The molecule has 1 aromatic carbocycles. The van der Waals surface area contributed by atoms with Crippen LogP contribution in [0.2, 0.25) is 0 Å². The van der Waals surface area contributed by atoms with Crippen LogP contribution in [0.4, 0.5) is 5.69 Å². The minimum Gasteiger partial charge on any atom is -0.356 e. The zero-order valence-corrected chi connectivity index (χ0v) is 14.7. The van der Waals surface area contributed by atoms with Gasteiger partial charge in [-0.15, -0.1) is 11.8 Å². The lowest BCUT2D eigenvalue weighted by Gasteiger charge is -2.28. The first-order chi connectivity index (χ1) is 11.2. The van der Waals surface area contributed by atoms with Crippen molar-refractivity contribution in [2.24, 2.45) is 0 Å². The van der Waals surface area contributed by atoms with Crippen molar-refractivity contribution < 1.29 is 9.59 Å². The third-order valence-electron chi connectivity index (χ3n) is 3.95. The number of nitrogens with one attached hydrogen (secondary N) is 1. The molecule has 1 aliphatic heterocycles. The molecule has 5 heteroatoms. The first-order valence-electron chi connectivity index (χ1n) is 8.51. The Morgan fingerprint density at radius 2 is 2.04 bits per heavy atom. The fourth-order valence-electron chi connectivity index (χ4n) is 2.66. The molecular formula is C18H26N2O2S. The Morgan fingerprint density at radius 3 is 2.87 bits per heavy atom. The Balaban J connectivity index is 1.71. The SMILES string of the molecule is CCCCCCNC(=O)CCCN1C(=O)CSc2ccccc21. The summed E-state index contributed by atoms with van der Waals surface area (Å²) in [5, 5.41) is 2.96. The van der Waals surface area contributed by atoms with Crippen LogP contribution in [0, 0.1) is 0 Å². The Kier molecular flexibility index (Phi) is 7.46. The van der Waals surface area contributed by atoms with Crippen LogP contribution in [0.25, 0.3) is 0 Å². The van der Waals surface area contributed by atoms with Gasteiger partial charge in [0.25, 0.3) is 0 Å². The summed E-state index contributed by atoms with van der Waals surface area (Å²) in [7, 11) is 0. The summed E-state index contributed by atoms with van der Waals surface area (Å²) in [5.74, 6) is 0.711. The van der Waals surface area contributed by atoms with Crippen molar-refractivity contribution in [1.29, 1.82) is 0 Å². The number of para-hydroxylation sites is 1. The number of anilines is 1. The highest BCUT2D eigenvalue weighted by molar-refractivity contribution is 8.00. The maximum atomic E-state index is 12.1. The molecule has 0 saturated heterocycles. The van der Waals surface area contributed by atoms with Gasteiger partial charge >= 0.3 is 0 Å². The van der Waals surface area contributed by atoms with Crippen LogP contribution in [0.15, 0.2) is 29.2 Å². The van der Waals surface area contributed by atoms with Crippen molar-refractivity contribution in [3.63, 3.8) is 0 Å². The number of amides is 2. The Bertz CT molecular complexity index is 534. The third kappa shape index (κ3) is 5.57. The van der Waals surface area contributed by atoms with Crippen LogP contribution >= 0.6 is 11.8 Å². The van der Waals surface area contributed by atoms with Gasteiger partial charge in [-0.2, -0.15) is 0 Å². The van der Waals surface area contributed by atoms with E-state index in [2.05, 4.69) is 12.2 Å². The number of carbonyl (C=O) groups excluding carboxylic acids is 2. The predicted molar refractivity (Wildman–Crippen MR) is 95.9 cm³/mol. The maximum Gasteiger partial charge on any atom is 0.237 e. The summed E-state index contributed by atoms with van der Waals surface area (Å²) in [6, 6.07) is 7.97. The fourth-order valence-corrected chi connectivity index (χ4v) is 3.60. The van der Waals surface area contributed by atoms with Crippen LogP contribution in [-0.2, 0) is 9.59 Å². The summed E-state index contributed by atoms with van der Waals surface area (Å²) in [6.45, 7) is 3.55. The molecule has 1 aromatic rings. The van der Waals surface area contributed by atoms with Gasteiger partial charge in [-0.1, -0.05) is 38.3 Å². The van der Waals surface area contributed by atoms with E-state index in [1.807, 2.05) is 29.2 Å². The molecule has 0 atom stereocenters. The minimum absolute atomic E-state index is 0.0913. The summed E-state index contributed by atoms with van der Waals surface area (Å²) in [4.78, 5) is 26.9. The second kappa shape index (κ2) is 9.60. The normalized spacial score (nSPS) is 13.8. The molecule has 0 bridgehead atoms. The number of hydrogen-bond donors (Lipinski definition) is 1. The van der Waals surface area contributed by atoms with Crippen molar-refractivity contribution >= 4 is 29.3 Å². The van der Waals surface area contributed by atoms with Crippen molar-refractivity contribution in [1.82, 2.24) is 5.32 Å². The Hall–Kier alpha value is -1.49. The van der Waals surface area contributed by atoms with Gasteiger partial charge in [0.1, 0.15) is 0 Å². The zero-order chi connectivity index (χ0) is 16.5. The molecule has 0 fully saturated rings. The molecule has 2 rings (SSSR count). The van der Waals surface area contributed by atoms with Crippen molar-refractivity contribution in [3.05, 3.63) is 24.3 Å². The van der Waals surface area contributed by atoms with Gasteiger partial charge in [0.2, 0.25) is 11.8 Å². The molecule has 0 radical (unpaired) electrons. The summed E-state index contributed by atoms with van der Waals surface area (Å²) >= 11 is 1.59. The molecule has 23 heavy (non-hydrogen) atoms. The molecule has 0 aromatic heterocycles. The van der Waals surface area contributed by atoms with Gasteiger partial charge in [-0.05, 0) is 25.0 Å². The number of rotatable bonds is 9. The van der Waals surface area contributed by atoms with Crippen molar-refractivity contribution in [2.75, 3.05) is 23.7 Å². The van der Waals surface area contributed by atoms with E-state index in [1.54, 1.807) is 11.8 Å². The topological polar surface area (TPSA) is 49.4 Å². The molecule has 0 aliphatic carbocycles. The molecule has 1 heterocycles. The molecule has 2 amide bonds. The van der Waals surface area contributed by atoms with Gasteiger partial charge in [0.05, 0.1) is 11.4 Å². The largest absolute Gasteiger partial charge is 0.356 e. The monoisotopic (exact) mass is 334 g/mol. The lowest BCUT2D eigenvalue weighted by molar-refractivity contribution is -0.121. The number of nitrogens with zero attached hydrogens (tertiary/aromatic N) is 1. The first kappa shape index (κ1) is 17.9. The number of unbranched alkanes of at least 4 members (excludes halogenated alkanes) is 3. The van der Waals surface area contributed by atoms with Crippen molar-refractivity contribution in [2.45, 2.75) is 50.3 Å². The molecule has 0 unspecified atom stereocenters. The molecule has 0 saturated carbocycles. The highest BCUT2D eigenvalue weighted by Gasteiger charge is 2.23. The number of thioether (sulfide) groups is 1. The maximum absolute atomic E-state index is 12.1. The molecule has 126 valence electrons. The standard InChI is InChI=1S/C18H26N2O2S/c1-2-3-4-7-12-19-17(21)11-8-13-20-15-9-5-6-10-16(15)23-14-18(20)22/h5-6,9-10H,2-4,7-8,11-14H2,1H3,(H,19,21). The predicted octanol–water partition coefficient (Wildman–Crippen LogP) is 3.60. The smallest absolute Gasteiger partial charge is 0.237 e. The van der Waals surface area contributed by atoms with E-state index >= 15 is 0 Å². The van der Waals surface area contributed by atoms with E-state index in [9.17, 15) is 9.59 Å². The number of hydrogen-bond acceptors (Lipinski definition) is 3. The van der Waals surface area contributed by atoms with E-state index < -0.39 is 0 Å². The quantitative estimate of drug-likeness (QED) is 0.702. The second-order valence-corrected chi connectivity index (χ2v) is 6.83. The van der Waals surface area contributed by atoms with Crippen LogP contribution in [0.3, 0.4) is 0 Å². The Labute approximate surface area is 143 Å². The van der Waals surface area contributed by atoms with Gasteiger partial charge in [-0.25, -0.2) is 0 Å². The molecule has 4 nitrogen and oxygen atoms in total. The summed E-state index contributed by atoms with van der Waals surface area (Å²) in [6.07, 6.45) is 5.84. The molecular weight excluding hydrogens is 308 g/mol. The van der Waals surface area contributed by atoms with Gasteiger partial charge < -0.3 is 10.2 Å². The second-order valence-electron chi connectivity index (χ2n) is 5.82. The van der Waals surface area contributed by atoms with Gasteiger partial charge in [0.15, 0.2) is 0 Å². The number of fused-ring (bicyclic) bond motifs is 1. The van der Waals surface area contributed by atoms with Crippen LogP contribution < -0.4 is 10.2 Å². The lowest BCUT2D eigenvalue weighted by atomic mass is 10.2. The summed E-state index contributed by atoms with van der Waals surface area (Å²) < 4.78 is 0. The van der Waals surface area contributed by atoms with Crippen LogP contribution in [0.5, 0.6) is 0 Å². The van der Waals surface area contributed by atoms with Crippen LogP contribution in [0.1, 0.15) is 45.4 Å². The minimum atomic E-state index is 0.0913. The first-order valence-corrected chi connectivity index (χ1v) is 9.50. The highest BCUT2D eigenvalue weighted by Crippen LogP contribution is 2.34. The van der Waals surface area contributed by atoms with E-state index in [4.69, 9.17) is 0 Å². The van der Waals surface area contributed by atoms with Gasteiger partial charge in [-0.3, -0.25) is 9.59 Å². The lowest BCUT2D eigenvalue weighted by Crippen LogP contribution is -2.36. The number of carbonyl (C=O) groups is 2. The third-order valence-corrected chi connectivity index (χ3v) is 4.99. The fraction of sp³-hybridized carbons (Fsp3) is 0.556. The number of benzene rings is 1. The average Bonchev–Trinajstić information content (AvgIpc) is 2.56.